The molecule has 136 valence electrons. The Balaban J connectivity index is 1.97. The van der Waals surface area contributed by atoms with E-state index in [-0.39, 0.29) is 23.1 Å². The normalized spacial score (nSPS) is 11.4. The van der Waals surface area contributed by atoms with Gasteiger partial charge in [-0.05, 0) is 61.7 Å². The van der Waals surface area contributed by atoms with Crippen LogP contribution in [0, 0.1) is 20.8 Å². The second kappa shape index (κ2) is 8.08. The first-order valence-corrected chi connectivity index (χ1v) is 9.64. The summed E-state index contributed by atoms with van der Waals surface area (Å²) in [5, 5.41) is 0.243. The second-order valence-corrected chi connectivity index (χ2v) is 7.92. The number of halogens is 1. The summed E-state index contributed by atoms with van der Waals surface area (Å²) in [6.45, 7) is 6.40. The number of methoxy groups -OCH3 is 1. The Labute approximate surface area is 154 Å². The van der Waals surface area contributed by atoms with Gasteiger partial charge in [-0.2, -0.15) is 0 Å². The molecule has 0 fully saturated rings. The first-order valence-electron chi connectivity index (χ1n) is 7.78. The van der Waals surface area contributed by atoms with Gasteiger partial charge in [-0.1, -0.05) is 17.7 Å². The quantitative estimate of drug-likeness (QED) is 0.741. The Bertz CT molecular complexity index is 866. The molecular weight excluding hydrogens is 362 g/mol. The molecule has 0 saturated heterocycles. The molecule has 25 heavy (non-hydrogen) atoms. The molecular formula is C18H22ClNO4S. The molecule has 2 aromatic rings. The molecule has 0 aliphatic rings. The van der Waals surface area contributed by atoms with Crippen molar-refractivity contribution in [1.29, 1.82) is 0 Å². The van der Waals surface area contributed by atoms with E-state index in [1.807, 2.05) is 32.9 Å². The van der Waals surface area contributed by atoms with Crippen molar-refractivity contribution in [3.05, 3.63) is 52.0 Å². The number of benzene rings is 2. The van der Waals surface area contributed by atoms with Crippen molar-refractivity contribution in [1.82, 2.24) is 4.72 Å². The first-order chi connectivity index (χ1) is 11.7. The van der Waals surface area contributed by atoms with Crippen LogP contribution >= 0.6 is 11.6 Å². The molecule has 0 aliphatic heterocycles. The third-order valence-corrected chi connectivity index (χ3v) is 5.63. The average Bonchev–Trinajstić information content (AvgIpc) is 2.56. The summed E-state index contributed by atoms with van der Waals surface area (Å²) in [4.78, 5) is 0.0839. The highest BCUT2D eigenvalue weighted by molar-refractivity contribution is 7.89. The lowest BCUT2D eigenvalue weighted by Crippen LogP contribution is -2.28. The Morgan fingerprint density at radius 2 is 1.68 bits per heavy atom. The Kier molecular flexibility index (Phi) is 6.32. The minimum absolute atomic E-state index is 0.0839. The molecule has 5 nitrogen and oxygen atoms in total. The zero-order chi connectivity index (χ0) is 18.6. The van der Waals surface area contributed by atoms with E-state index in [0.29, 0.717) is 5.75 Å². The predicted octanol–water partition coefficient (Wildman–Crippen LogP) is 3.63. The van der Waals surface area contributed by atoms with Crippen LogP contribution in [-0.4, -0.2) is 28.7 Å². The van der Waals surface area contributed by atoms with Gasteiger partial charge in [-0.3, -0.25) is 0 Å². The Hall–Kier alpha value is -1.76. The molecule has 0 spiro atoms. The number of ether oxygens (including phenoxy) is 2. The van der Waals surface area contributed by atoms with Crippen molar-refractivity contribution < 1.29 is 17.9 Å². The number of rotatable bonds is 7. The van der Waals surface area contributed by atoms with Crippen molar-refractivity contribution in [3.63, 3.8) is 0 Å². The fourth-order valence-corrected chi connectivity index (χ4v) is 3.69. The van der Waals surface area contributed by atoms with Crippen LogP contribution in [0.15, 0.2) is 35.2 Å². The van der Waals surface area contributed by atoms with Gasteiger partial charge in [0, 0.05) is 6.54 Å². The summed E-state index contributed by atoms with van der Waals surface area (Å²) < 4.78 is 37.8. The maximum Gasteiger partial charge on any atom is 0.240 e. The van der Waals surface area contributed by atoms with Gasteiger partial charge in [-0.15, -0.1) is 0 Å². The topological polar surface area (TPSA) is 64.6 Å². The Morgan fingerprint density at radius 3 is 2.32 bits per heavy atom. The molecule has 0 aromatic heterocycles. The van der Waals surface area contributed by atoms with Crippen molar-refractivity contribution in [3.8, 4) is 11.5 Å². The van der Waals surface area contributed by atoms with Crippen molar-refractivity contribution in [2.24, 2.45) is 0 Å². The number of hydrogen-bond acceptors (Lipinski definition) is 4. The highest BCUT2D eigenvalue weighted by Crippen LogP contribution is 2.27. The van der Waals surface area contributed by atoms with E-state index in [2.05, 4.69) is 4.72 Å². The molecule has 0 bridgehead atoms. The number of nitrogens with one attached hydrogen (secondary N) is 1. The third kappa shape index (κ3) is 4.87. The van der Waals surface area contributed by atoms with Crippen molar-refractivity contribution >= 4 is 21.6 Å². The number of sulfonamides is 1. The smallest absolute Gasteiger partial charge is 0.240 e. The van der Waals surface area contributed by atoms with Gasteiger partial charge in [0.1, 0.15) is 18.1 Å². The molecule has 2 rings (SSSR count). The maximum absolute atomic E-state index is 12.3. The van der Waals surface area contributed by atoms with Gasteiger partial charge in [-0.25, -0.2) is 13.1 Å². The van der Waals surface area contributed by atoms with Crippen LogP contribution in [-0.2, 0) is 10.0 Å². The zero-order valence-electron chi connectivity index (χ0n) is 14.7. The van der Waals surface area contributed by atoms with Gasteiger partial charge < -0.3 is 9.47 Å². The zero-order valence-corrected chi connectivity index (χ0v) is 16.3. The van der Waals surface area contributed by atoms with E-state index in [4.69, 9.17) is 21.1 Å². The van der Waals surface area contributed by atoms with Crippen LogP contribution in [0.25, 0.3) is 0 Å². The monoisotopic (exact) mass is 383 g/mol. The van der Waals surface area contributed by atoms with Crippen molar-refractivity contribution in [2.75, 3.05) is 20.3 Å². The van der Waals surface area contributed by atoms with Crippen LogP contribution in [0.1, 0.15) is 16.7 Å². The van der Waals surface area contributed by atoms with Crippen LogP contribution in [0.3, 0.4) is 0 Å². The number of aryl methyl sites for hydroxylation is 3. The second-order valence-electron chi connectivity index (χ2n) is 5.74. The van der Waals surface area contributed by atoms with E-state index in [1.54, 1.807) is 0 Å². The minimum atomic E-state index is -3.66. The summed E-state index contributed by atoms with van der Waals surface area (Å²) in [6.07, 6.45) is 0. The molecule has 0 heterocycles. The van der Waals surface area contributed by atoms with E-state index in [0.717, 1.165) is 16.9 Å². The highest BCUT2D eigenvalue weighted by Gasteiger charge is 2.15. The molecule has 0 unspecified atom stereocenters. The van der Waals surface area contributed by atoms with Gasteiger partial charge in [0.2, 0.25) is 10.0 Å². The van der Waals surface area contributed by atoms with Gasteiger partial charge in [0.05, 0.1) is 17.0 Å². The van der Waals surface area contributed by atoms with E-state index in [9.17, 15) is 8.42 Å². The molecule has 1 N–H and O–H groups in total. The lowest BCUT2D eigenvalue weighted by molar-refractivity contribution is 0.320. The average molecular weight is 384 g/mol. The Morgan fingerprint density at radius 1 is 1.00 bits per heavy atom. The van der Waals surface area contributed by atoms with E-state index < -0.39 is 10.0 Å². The molecule has 0 aliphatic carbocycles. The predicted molar refractivity (Wildman–Crippen MR) is 99.3 cm³/mol. The van der Waals surface area contributed by atoms with Crippen LogP contribution in [0.5, 0.6) is 11.5 Å². The van der Waals surface area contributed by atoms with Gasteiger partial charge in [0.25, 0.3) is 0 Å². The lowest BCUT2D eigenvalue weighted by atomic mass is 10.1. The molecule has 0 radical (unpaired) electrons. The highest BCUT2D eigenvalue weighted by atomic mass is 35.5. The van der Waals surface area contributed by atoms with Gasteiger partial charge in [0.15, 0.2) is 0 Å². The van der Waals surface area contributed by atoms with E-state index in [1.165, 1.54) is 30.9 Å². The molecule has 2 aromatic carbocycles. The standard InChI is InChI=1S/C18H22ClNO4S/c1-12-9-14(3)18(10-13(12)2)24-8-7-20-25(21,22)15-5-6-17(23-4)16(19)11-15/h5-6,9-11,20H,7-8H2,1-4H3. The largest absolute Gasteiger partial charge is 0.495 e. The summed E-state index contributed by atoms with van der Waals surface area (Å²) in [7, 11) is -2.19. The molecule has 7 heteroatoms. The maximum atomic E-state index is 12.3. The lowest BCUT2D eigenvalue weighted by Gasteiger charge is -2.13. The number of hydrogen-bond donors (Lipinski definition) is 1. The van der Waals surface area contributed by atoms with E-state index >= 15 is 0 Å². The summed E-state index contributed by atoms with van der Waals surface area (Å²) >= 11 is 5.98. The first kappa shape index (κ1) is 19.6. The summed E-state index contributed by atoms with van der Waals surface area (Å²) in [5.41, 5.74) is 3.35. The summed E-state index contributed by atoms with van der Waals surface area (Å²) in [5.74, 6) is 1.18. The van der Waals surface area contributed by atoms with Gasteiger partial charge >= 0.3 is 0 Å². The van der Waals surface area contributed by atoms with Crippen LogP contribution in [0.4, 0.5) is 0 Å². The molecule has 0 amide bonds. The molecule has 0 saturated carbocycles. The fraction of sp³-hybridized carbons (Fsp3) is 0.333. The van der Waals surface area contributed by atoms with Crippen LogP contribution < -0.4 is 14.2 Å². The van der Waals surface area contributed by atoms with Crippen LogP contribution in [0.2, 0.25) is 5.02 Å². The fourth-order valence-electron chi connectivity index (χ4n) is 2.32. The molecule has 0 atom stereocenters. The SMILES string of the molecule is COc1ccc(S(=O)(=O)NCCOc2cc(C)c(C)cc2C)cc1Cl. The summed E-state index contributed by atoms with van der Waals surface area (Å²) in [6, 6.07) is 8.33. The van der Waals surface area contributed by atoms with Crippen molar-refractivity contribution in [2.45, 2.75) is 25.7 Å². The third-order valence-electron chi connectivity index (χ3n) is 3.88. The minimum Gasteiger partial charge on any atom is -0.495 e.